The minimum atomic E-state index is 0.227. The van der Waals surface area contributed by atoms with E-state index < -0.39 is 0 Å². The summed E-state index contributed by atoms with van der Waals surface area (Å²) in [5.74, 6) is 0.838. The van der Waals surface area contributed by atoms with E-state index >= 15 is 0 Å². The second-order valence-electron chi connectivity index (χ2n) is 6.45. The molecule has 3 nitrogen and oxygen atoms in total. The number of nitrogens with zero attached hydrogens (tertiary/aromatic N) is 1. The third-order valence-electron chi connectivity index (χ3n) is 4.95. The molecule has 2 aliphatic heterocycles. The molecule has 0 aliphatic carbocycles. The fourth-order valence-electron chi connectivity index (χ4n) is 3.63. The van der Waals surface area contributed by atoms with Gasteiger partial charge >= 0.3 is 0 Å². The third kappa shape index (κ3) is 3.29. The van der Waals surface area contributed by atoms with Gasteiger partial charge in [-0.3, -0.25) is 4.79 Å². The molecule has 3 rings (SSSR count). The van der Waals surface area contributed by atoms with E-state index in [9.17, 15) is 4.79 Å². The Bertz CT molecular complexity index is 500. The van der Waals surface area contributed by atoms with Crippen molar-refractivity contribution in [3.63, 3.8) is 0 Å². The van der Waals surface area contributed by atoms with Gasteiger partial charge in [0, 0.05) is 18.7 Å². The van der Waals surface area contributed by atoms with Crippen molar-refractivity contribution in [3.8, 4) is 0 Å². The van der Waals surface area contributed by atoms with E-state index in [-0.39, 0.29) is 5.91 Å². The molecule has 2 aliphatic rings. The lowest BCUT2D eigenvalue weighted by Gasteiger charge is -2.28. The predicted molar refractivity (Wildman–Crippen MR) is 85.8 cm³/mol. The molecule has 3 heteroatoms. The summed E-state index contributed by atoms with van der Waals surface area (Å²) in [6, 6.07) is 6.31. The molecule has 1 aromatic rings. The molecular formula is C18H26N2O. The molecule has 0 atom stereocenters. The summed E-state index contributed by atoms with van der Waals surface area (Å²) in [4.78, 5) is 14.7. The monoisotopic (exact) mass is 286 g/mol. The van der Waals surface area contributed by atoms with Crippen LogP contribution in [0.25, 0.3) is 0 Å². The van der Waals surface area contributed by atoms with Gasteiger partial charge in [-0.05, 0) is 81.3 Å². The third-order valence-corrected chi connectivity index (χ3v) is 4.95. The first-order valence-electron chi connectivity index (χ1n) is 8.36. The molecule has 114 valence electrons. The van der Waals surface area contributed by atoms with E-state index in [0.29, 0.717) is 5.92 Å². The van der Waals surface area contributed by atoms with Gasteiger partial charge in [-0.15, -0.1) is 0 Å². The number of hydrogen-bond donors (Lipinski definition) is 1. The number of hydrogen-bond acceptors (Lipinski definition) is 2. The number of carbonyl (C=O) groups is 1. The second kappa shape index (κ2) is 6.61. The standard InChI is InChI=1S/C18H26N2O/c1-14-5-6-16(18(21)20-11-3-2-4-12-20)13-17(14)15-7-9-19-10-8-15/h5-6,13,15,19H,2-4,7-12H2,1H3. The van der Waals surface area contributed by atoms with Gasteiger partial charge in [-0.25, -0.2) is 0 Å². The Kier molecular flexibility index (Phi) is 4.59. The summed E-state index contributed by atoms with van der Waals surface area (Å²) in [5.41, 5.74) is 3.60. The first-order chi connectivity index (χ1) is 10.3. The number of benzene rings is 1. The number of piperidine rings is 2. The Morgan fingerprint density at radius 1 is 1.14 bits per heavy atom. The minimum absolute atomic E-state index is 0.227. The highest BCUT2D eigenvalue weighted by atomic mass is 16.2. The molecule has 1 aromatic carbocycles. The smallest absolute Gasteiger partial charge is 0.253 e. The Hall–Kier alpha value is -1.35. The lowest BCUT2D eigenvalue weighted by Crippen LogP contribution is -2.35. The highest BCUT2D eigenvalue weighted by molar-refractivity contribution is 5.94. The maximum absolute atomic E-state index is 12.7. The molecule has 2 heterocycles. The van der Waals surface area contributed by atoms with E-state index in [2.05, 4.69) is 24.4 Å². The zero-order valence-electron chi connectivity index (χ0n) is 13.0. The fourth-order valence-corrected chi connectivity index (χ4v) is 3.63. The van der Waals surface area contributed by atoms with Gasteiger partial charge in [0.1, 0.15) is 0 Å². The van der Waals surface area contributed by atoms with E-state index in [1.54, 1.807) is 0 Å². The van der Waals surface area contributed by atoms with Gasteiger partial charge in [-0.1, -0.05) is 6.07 Å². The van der Waals surface area contributed by atoms with Crippen LogP contribution < -0.4 is 5.32 Å². The second-order valence-corrected chi connectivity index (χ2v) is 6.45. The highest BCUT2D eigenvalue weighted by Crippen LogP contribution is 2.29. The first-order valence-corrected chi connectivity index (χ1v) is 8.36. The van der Waals surface area contributed by atoms with Crippen molar-refractivity contribution in [3.05, 3.63) is 34.9 Å². The zero-order valence-corrected chi connectivity index (χ0v) is 13.0. The topological polar surface area (TPSA) is 32.3 Å². The van der Waals surface area contributed by atoms with Gasteiger partial charge in [0.2, 0.25) is 0 Å². The van der Waals surface area contributed by atoms with Gasteiger partial charge < -0.3 is 10.2 Å². The zero-order chi connectivity index (χ0) is 14.7. The average Bonchev–Trinajstić information content (AvgIpc) is 2.56. The summed E-state index contributed by atoms with van der Waals surface area (Å²) in [7, 11) is 0. The summed E-state index contributed by atoms with van der Waals surface area (Å²) in [5, 5.41) is 3.42. The molecular weight excluding hydrogens is 260 g/mol. The minimum Gasteiger partial charge on any atom is -0.339 e. The number of likely N-dealkylation sites (tertiary alicyclic amines) is 1. The maximum atomic E-state index is 12.7. The van der Waals surface area contributed by atoms with E-state index in [4.69, 9.17) is 0 Å². The summed E-state index contributed by atoms with van der Waals surface area (Å²) in [6.45, 7) is 6.21. The predicted octanol–water partition coefficient (Wildman–Crippen LogP) is 3.09. The lowest BCUT2D eigenvalue weighted by molar-refractivity contribution is 0.0724. The molecule has 0 saturated carbocycles. The fraction of sp³-hybridized carbons (Fsp3) is 0.611. The van der Waals surface area contributed by atoms with E-state index in [0.717, 1.165) is 44.6 Å². The first kappa shape index (κ1) is 14.6. The number of rotatable bonds is 2. The van der Waals surface area contributed by atoms with Gasteiger partial charge in [0.05, 0.1) is 0 Å². The van der Waals surface area contributed by atoms with Crippen LogP contribution in [0, 0.1) is 6.92 Å². The molecule has 1 N–H and O–H groups in total. The van der Waals surface area contributed by atoms with Crippen molar-refractivity contribution >= 4 is 5.91 Å². The van der Waals surface area contributed by atoms with Crippen molar-refractivity contribution in [2.24, 2.45) is 0 Å². The highest BCUT2D eigenvalue weighted by Gasteiger charge is 2.21. The maximum Gasteiger partial charge on any atom is 0.253 e. The quantitative estimate of drug-likeness (QED) is 0.906. The van der Waals surface area contributed by atoms with Crippen LogP contribution in [-0.4, -0.2) is 37.0 Å². The van der Waals surface area contributed by atoms with Crippen LogP contribution in [0.5, 0.6) is 0 Å². The average molecular weight is 286 g/mol. The molecule has 21 heavy (non-hydrogen) atoms. The molecule has 0 unspecified atom stereocenters. The van der Waals surface area contributed by atoms with Crippen molar-refractivity contribution in [2.45, 2.75) is 44.9 Å². The van der Waals surface area contributed by atoms with Crippen molar-refractivity contribution in [1.82, 2.24) is 10.2 Å². The Morgan fingerprint density at radius 2 is 1.86 bits per heavy atom. The van der Waals surface area contributed by atoms with E-state index in [1.807, 2.05) is 11.0 Å². The number of amides is 1. The Labute approximate surface area is 127 Å². The summed E-state index contributed by atoms with van der Waals surface area (Å²) in [6.07, 6.45) is 5.93. The lowest BCUT2D eigenvalue weighted by atomic mass is 9.86. The molecule has 1 amide bonds. The summed E-state index contributed by atoms with van der Waals surface area (Å²) >= 11 is 0. The Balaban J connectivity index is 1.80. The Morgan fingerprint density at radius 3 is 2.57 bits per heavy atom. The van der Waals surface area contributed by atoms with E-state index in [1.165, 1.54) is 30.4 Å². The summed E-state index contributed by atoms with van der Waals surface area (Å²) < 4.78 is 0. The van der Waals surface area contributed by atoms with Crippen LogP contribution in [0.3, 0.4) is 0 Å². The van der Waals surface area contributed by atoms with Crippen LogP contribution in [-0.2, 0) is 0 Å². The molecule has 2 fully saturated rings. The van der Waals surface area contributed by atoms with Crippen LogP contribution in [0.15, 0.2) is 18.2 Å². The van der Waals surface area contributed by atoms with Crippen LogP contribution in [0.1, 0.15) is 59.5 Å². The number of carbonyl (C=O) groups excluding carboxylic acids is 1. The molecule has 0 radical (unpaired) electrons. The normalized spacial score (nSPS) is 20.5. The van der Waals surface area contributed by atoms with Crippen molar-refractivity contribution in [1.29, 1.82) is 0 Å². The van der Waals surface area contributed by atoms with Crippen molar-refractivity contribution < 1.29 is 4.79 Å². The van der Waals surface area contributed by atoms with Gasteiger partial charge in [0.25, 0.3) is 5.91 Å². The van der Waals surface area contributed by atoms with Crippen LogP contribution >= 0.6 is 0 Å². The molecule has 0 spiro atoms. The van der Waals surface area contributed by atoms with Crippen LogP contribution in [0.2, 0.25) is 0 Å². The molecule has 2 saturated heterocycles. The number of nitrogens with one attached hydrogen (secondary N) is 1. The largest absolute Gasteiger partial charge is 0.339 e. The van der Waals surface area contributed by atoms with Gasteiger partial charge in [0.15, 0.2) is 0 Å². The van der Waals surface area contributed by atoms with Crippen molar-refractivity contribution in [2.75, 3.05) is 26.2 Å². The van der Waals surface area contributed by atoms with Gasteiger partial charge in [-0.2, -0.15) is 0 Å². The SMILES string of the molecule is Cc1ccc(C(=O)N2CCCCC2)cc1C1CCNCC1. The number of aryl methyl sites for hydroxylation is 1. The van der Waals surface area contributed by atoms with Crippen LogP contribution in [0.4, 0.5) is 0 Å². The molecule has 0 bridgehead atoms. The molecule has 0 aromatic heterocycles.